The summed E-state index contributed by atoms with van der Waals surface area (Å²) in [5, 5.41) is 10.4. The third-order valence-electron chi connectivity index (χ3n) is 5.55. The average Bonchev–Trinajstić information content (AvgIpc) is 2.75. The fourth-order valence-electron chi connectivity index (χ4n) is 3.78. The average molecular weight is 447 g/mol. The van der Waals surface area contributed by atoms with Crippen molar-refractivity contribution < 1.29 is 14.3 Å². The minimum atomic E-state index is -0.417. The highest BCUT2D eigenvalue weighted by Crippen LogP contribution is 2.25. The van der Waals surface area contributed by atoms with E-state index in [2.05, 4.69) is 5.32 Å². The zero-order chi connectivity index (χ0) is 21.8. The molecule has 0 bridgehead atoms. The molecule has 1 amide bonds. The minimum absolute atomic E-state index is 0. The van der Waals surface area contributed by atoms with Crippen molar-refractivity contribution in [3.8, 4) is 11.1 Å². The number of rotatable bonds is 5. The quantitative estimate of drug-likeness (QED) is 0.368. The predicted molar refractivity (Wildman–Crippen MR) is 121 cm³/mol. The third kappa shape index (κ3) is 5.52. The third-order valence-corrected chi connectivity index (χ3v) is 5.55. The second-order valence-corrected chi connectivity index (χ2v) is 7.59. The van der Waals surface area contributed by atoms with E-state index >= 15 is 0 Å². The molecular formula is C22H27ClN4O4. The maximum atomic E-state index is 12.8. The van der Waals surface area contributed by atoms with Gasteiger partial charge in [-0.25, -0.2) is 0 Å². The number of amidine groups is 1. The van der Waals surface area contributed by atoms with Crippen LogP contribution < -0.4 is 16.6 Å². The van der Waals surface area contributed by atoms with Crippen LogP contribution in [0.5, 0.6) is 0 Å². The number of methoxy groups -OCH3 is 1. The van der Waals surface area contributed by atoms with E-state index in [1.165, 1.54) is 11.7 Å². The van der Waals surface area contributed by atoms with E-state index in [9.17, 15) is 14.4 Å². The highest BCUT2D eigenvalue weighted by atomic mass is 35.5. The highest BCUT2D eigenvalue weighted by Gasteiger charge is 2.28. The monoisotopic (exact) mass is 446 g/mol. The molecule has 31 heavy (non-hydrogen) atoms. The fraction of sp³-hybridized carbons (Fsp3) is 0.364. The number of hydrogen-bond acceptors (Lipinski definition) is 5. The first kappa shape index (κ1) is 24.1. The second-order valence-electron chi connectivity index (χ2n) is 7.59. The molecule has 1 aliphatic carbocycles. The number of ether oxygens (including phenoxy) is 1. The Morgan fingerprint density at radius 2 is 1.74 bits per heavy atom. The molecule has 0 spiro atoms. The van der Waals surface area contributed by atoms with Crippen LogP contribution in [0.25, 0.3) is 11.1 Å². The standard InChI is InChI=1S/C22H26N4O4.ClH/c1-26-12-16(13-3-5-14(6-4-13)19(23)24)11-18(21(26)28)20(27)25-17-9-7-15(8-10-17)22(29)30-2;/h3-6,11-12,15,17H,7-10H2,1-2H3,(H3,23,24)(H,25,27);1H. The van der Waals surface area contributed by atoms with Gasteiger partial charge in [-0.3, -0.25) is 19.8 Å². The van der Waals surface area contributed by atoms with Gasteiger partial charge in [0.1, 0.15) is 11.4 Å². The van der Waals surface area contributed by atoms with E-state index in [-0.39, 0.29) is 47.3 Å². The Hall–Kier alpha value is -3.13. The molecule has 2 aromatic rings. The largest absolute Gasteiger partial charge is 0.469 e. The number of nitrogen functional groups attached to an aromatic ring is 1. The molecule has 1 fully saturated rings. The van der Waals surface area contributed by atoms with Gasteiger partial charge in [-0.2, -0.15) is 0 Å². The van der Waals surface area contributed by atoms with Crippen molar-refractivity contribution in [2.75, 3.05) is 7.11 Å². The summed E-state index contributed by atoms with van der Waals surface area (Å²) in [6.45, 7) is 0. The number of carbonyl (C=O) groups is 2. The molecule has 1 aromatic heterocycles. The van der Waals surface area contributed by atoms with Crippen molar-refractivity contribution in [3.05, 3.63) is 58.0 Å². The first-order valence-corrected chi connectivity index (χ1v) is 9.84. The van der Waals surface area contributed by atoms with Crippen molar-refractivity contribution in [2.24, 2.45) is 18.7 Å². The van der Waals surface area contributed by atoms with Gasteiger partial charge in [0, 0.05) is 24.8 Å². The van der Waals surface area contributed by atoms with Gasteiger partial charge >= 0.3 is 5.97 Å². The van der Waals surface area contributed by atoms with Gasteiger partial charge in [0.15, 0.2) is 0 Å². The zero-order valence-corrected chi connectivity index (χ0v) is 18.3. The lowest BCUT2D eigenvalue weighted by Gasteiger charge is -2.27. The number of aromatic nitrogens is 1. The number of nitrogens with one attached hydrogen (secondary N) is 2. The molecule has 8 nitrogen and oxygen atoms in total. The number of hydrogen-bond donors (Lipinski definition) is 3. The van der Waals surface area contributed by atoms with Crippen LogP contribution in [0.2, 0.25) is 0 Å². The summed E-state index contributed by atoms with van der Waals surface area (Å²) in [7, 11) is 2.99. The highest BCUT2D eigenvalue weighted by molar-refractivity contribution is 5.96. The first-order valence-electron chi connectivity index (χ1n) is 9.84. The Labute approximate surface area is 186 Å². The van der Waals surface area contributed by atoms with E-state index in [0.717, 1.165) is 5.56 Å². The number of esters is 1. The molecule has 1 aromatic carbocycles. The minimum Gasteiger partial charge on any atom is -0.469 e. The Kier molecular flexibility index (Phi) is 7.99. The molecule has 1 saturated carbocycles. The number of carbonyl (C=O) groups excluding carboxylic acids is 2. The normalized spacial score (nSPS) is 17.9. The Bertz CT molecular complexity index is 1020. The second kappa shape index (κ2) is 10.3. The van der Waals surface area contributed by atoms with Gasteiger partial charge in [-0.05, 0) is 42.9 Å². The first-order chi connectivity index (χ1) is 14.3. The number of aryl methyl sites for hydroxylation is 1. The number of nitrogens with two attached hydrogens (primary N) is 1. The van der Waals surface area contributed by atoms with Crippen LogP contribution in [0.1, 0.15) is 41.6 Å². The van der Waals surface area contributed by atoms with E-state index in [1.807, 2.05) is 0 Å². The zero-order valence-electron chi connectivity index (χ0n) is 17.5. The summed E-state index contributed by atoms with van der Waals surface area (Å²) in [5.74, 6) is -0.780. The van der Waals surface area contributed by atoms with Crippen LogP contribution in [0.3, 0.4) is 0 Å². The molecule has 4 N–H and O–H groups in total. The molecule has 3 rings (SSSR count). The van der Waals surface area contributed by atoms with Gasteiger partial charge < -0.3 is 20.4 Å². The molecule has 166 valence electrons. The SMILES string of the molecule is COC(=O)C1CCC(NC(=O)c2cc(-c3ccc(C(=N)N)cc3)cn(C)c2=O)CC1.Cl. The predicted octanol–water partition coefficient (Wildman–Crippen LogP) is 2.22. The van der Waals surface area contributed by atoms with Gasteiger partial charge in [0.2, 0.25) is 0 Å². The fourth-order valence-corrected chi connectivity index (χ4v) is 3.78. The molecule has 9 heteroatoms. The van der Waals surface area contributed by atoms with Crippen LogP contribution in [0.15, 0.2) is 41.3 Å². The number of benzene rings is 1. The maximum absolute atomic E-state index is 12.8. The molecule has 0 saturated heterocycles. The molecular weight excluding hydrogens is 420 g/mol. The molecule has 1 aliphatic rings. The van der Waals surface area contributed by atoms with Gasteiger partial charge in [0.25, 0.3) is 11.5 Å². The molecule has 1 heterocycles. The lowest BCUT2D eigenvalue weighted by Crippen LogP contribution is -2.41. The Balaban J connectivity index is 0.00000341. The molecule has 0 atom stereocenters. The van der Waals surface area contributed by atoms with E-state index < -0.39 is 5.91 Å². The lowest BCUT2D eigenvalue weighted by molar-refractivity contribution is -0.146. The summed E-state index contributed by atoms with van der Waals surface area (Å²) in [6, 6.07) is 8.55. The van der Waals surface area contributed by atoms with Crippen molar-refractivity contribution in [3.63, 3.8) is 0 Å². The van der Waals surface area contributed by atoms with Crippen LogP contribution in [-0.2, 0) is 16.6 Å². The van der Waals surface area contributed by atoms with Crippen LogP contribution in [-0.4, -0.2) is 35.4 Å². The summed E-state index contributed by atoms with van der Waals surface area (Å²) >= 11 is 0. The van der Waals surface area contributed by atoms with Gasteiger partial charge in [-0.15, -0.1) is 12.4 Å². The van der Waals surface area contributed by atoms with E-state index in [0.29, 0.717) is 36.8 Å². The van der Waals surface area contributed by atoms with Crippen molar-refractivity contribution in [1.29, 1.82) is 5.41 Å². The molecule has 0 unspecified atom stereocenters. The molecule has 0 aliphatic heterocycles. The van der Waals surface area contributed by atoms with Gasteiger partial charge in [-0.1, -0.05) is 24.3 Å². The van der Waals surface area contributed by atoms with Crippen molar-refractivity contribution in [2.45, 2.75) is 31.7 Å². The molecule has 0 radical (unpaired) electrons. The topological polar surface area (TPSA) is 127 Å². The lowest BCUT2D eigenvalue weighted by atomic mass is 9.86. The summed E-state index contributed by atoms with van der Waals surface area (Å²) in [4.78, 5) is 37.0. The maximum Gasteiger partial charge on any atom is 0.308 e. The van der Waals surface area contributed by atoms with E-state index in [1.54, 1.807) is 43.6 Å². The van der Waals surface area contributed by atoms with Crippen molar-refractivity contribution in [1.82, 2.24) is 9.88 Å². The van der Waals surface area contributed by atoms with E-state index in [4.69, 9.17) is 15.9 Å². The summed E-state index contributed by atoms with van der Waals surface area (Å²) < 4.78 is 6.18. The Morgan fingerprint density at radius 1 is 1.13 bits per heavy atom. The summed E-state index contributed by atoms with van der Waals surface area (Å²) in [6.07, 6.45) is 4.30. The number of halogens is 1. The van der Waals surface area contributed by atoms with Crippen LogP contribution in [0, 0.1) is 11.3 Å². The van der Waals surface area contributed by atoms with Gasteiger partial charge in [0.05, 0.1) is 13.0 Å². The van der Waals surface area contributed by atoms with Crippen LogP contribution in [0.4, 0.5) is 0 Å². The smallest absolute Gasteiger partial charge is 0.308 e. The van der Waals surface area contributed by atoms with Crippen LogP contribution >= 0.6 is 12.4 Å². The Morgan fingerprint density at radius 3 is 2.29 bits per heavy atom. The van der Waals surface area contributed by atoms with Crippen molar-refractivity contribution >= 4 is 30.1 Å². The number of nitrogens with zero attached hydrogens (tertiary/aromatic N) is 1. The summed E-state index contributed by atoms with van der Waals surface area (Å²) in [5.41, 5.74) is 7.31. The number of pyridine rings is 1. The number of amides is 1.